The fourth-order valence-corrected chi connectivity index (χ4v) is 3.06. The van der Waals surface area contributed by atoms with Gasteiger partial charge in [0.2, 0.25) is 5.88 Å². The third-order valence-electron chi connectivity index (χ3n) is 5.34. The van der Waals surface area contributed by atoms with E-state index in [-0.39, 0.29) is 17.6 Å². The van der Waals surface area contributed by atoms with Crippen molar-refractivity contribution in [3.8, 4) is 17.0 Å². The van der Waals surface area contributed by atoms with E-state index in [1.54, 1.807) is 37.7 Å². The van der Waals surface area contributed by atoms with Gasteiger partial charge in [0.1, 0.15) is 0 Å². The number of hydrogen-bond acceptors (Lipinski definition) is 7. The first-order valence-electron chi connectivity index (χ1n) is 9.35. The average Bonchev–Trinajstić information content (AvgIpc) is 3.17. The molecule has 3 aromatic rings. The number of amides is 1. The van der Waals surface area contributed by atoms with Crippen LogP contribution in [0.3, 0.4) is 0 Å². The molecule has 0 fully saturated rings. The fraction of sp³-hybridized carbons (Fsp3) is 0.333. The Labute approximate surface area is 174 Å². The summed E-state index contributed by atoms with van der Waals surface area (Å²) in [5.41, 5.74) is 7.81. The van der Waals surface area contributed by atoms with E-state index in [1.165, 1.54) is 13.3 Å². The predicted octanol–water partition coefficient (Wildman–Crippen LogP) is 2.50. The molecule has 0 aromatic carbocycles. The monoisotopic (exact) mass is 411 g/mol. The van der Waals surface area contributed by atoms with Gasteiger partial charge in [-0.05, 0) is 32.9 Å². The number of esters is 1. The number of rotatable bonds is 7. The van der Waals surface area contributed by atoms with Crippen molar-refractivity contribution < 1.29 is 19.1 Å². The zero-order valence-electron chi connectivity index (χ0n) is 17.6. The van der Waals surface area contributed by atoms with Gasteiger partial charge in [-0.25, -0.2) is 9.50 Å². The Morgan fingerprint density at radius 3 is 2.50 bits per heavy atom. The molecule has 3 aromatic heterocycles. The van der Waals surface area contributed by atoms with Gasteiger partial charge >= 0.3 is 5.97 Å². The highest BCUT2D eigenvalue weighted by Gasteiger charge is 2.36. The van der Waals surface area contributed by atoms with Crippen molar-refractivity contribution >= 4 is 23.1 Å². The largest absolute Gasteiger partial charge is 0.481 e. The second kappa shape index (κ2) is 8.02. The molecule has 0 spiro atoms. The van der Waals surface area contributed by atoms with Crippen LogP contribution in [0.25, 0.3) is 16.6 Å². The van der Waals surface area contributed by atoms with Gasteiger partial charge in [-0.15, -0.1) is 0 Å². The van der Waals surface area contributed by atoms with Crippen LogP contribution >= 0.6 is 0 Å². The van der Waals surface area contributed by atoms with Crippen LogP contribution in [0.5, 0.6) is 5.88 Å². The first-order chi connectivity index (χ1) is 14.2. The van der Waals surface area contributed by atoms with Gasteiger partial charge in [-0.2, -0.15) is 5.10 Å². The summed E-state index contributed by atoms with van der Waals surface area (Å²) in [4.78, 5) is 28.5. The molecule has 1 amide bonds. The van der Waals surface area contributed by atoms with Gasteiger partial charge < -0.3 is 20.5 Å². The van der Waals surface area contributed by atoms with Crippen LogP contribution in [-0.2, 0) is 9.53 Å². The van der Waals surface area contributed by atoms with Crippen molar-refractivity contribution in [1.82, 2.24) is 14.6 Å². The van der Waals surface area contributed by atoms with Crippen molar-refractivity contribution in [2.75, 3.05) is 19.5 Å². The number of ether oxygens (including phenoxy) is 2. The molecule has 0 aliphatic heterocycles. The molecular formula is C21H25N5O4. The van der Waals surface area contributed by atoms with E-state index >= 15 is 0 Å². The topological polar surface area (TPSA) is 121 Å². The summed E-state index contributed by atoms with van der Waals surface area (Å²) >= 11 is 0. The SMILES string of the molecule is COC(=O)C(C)(C)[C@@H](C)Nc1c(C(N)=O)cnn2cc(-c3ccc(OC)nc3)cc12. The maximum Gasteiger partial charge on any atom is 0.313 e. The summed E-state index contributed by atoms with van der Waals surface area (Å²) in [6.45, 7) is 5.38. The normalized spacial score (nSPS) is 12.4. The molecule has 0 saturated carbocycles. The first kappa shape index (κ1) is 21.1. The fourth-order valence-electron chi connectivity index (χ4n) is 3.06. The van der Waals surface area contributed by atoms with Crippen molar-refractivity contribution in [3.63, 3.8) is 0 Å². The number of primary amides is 1. The van der Waals surface area contributed by atoms with Crippen LogP contribution in [0.15, 0.2) is 36.8 Å². The molecule has 0 aliphatic rings. The summed E-state index contributed by atoms with van der Waals surface area (Å²) in [5, 5.41) is 7.58. The molecule has 158 valence electrons. The number of nitrogens with two attached hydrogens (primary N) is 1. The molecule has 3 rings (SSSR count). The highest BCUT2D eigenvalue weighted by Crippen LogP contribution is 2.32. The standard InChI is InChI=1S/C21H25N5O4/c1-12(21(2,3)20(28)30-5)25-18-15(19(22)27)10-24-26-11-14(8-16(18)26)13-6-7-17(29-4)23-9-13/h6-12,25H,1-5H3,(H2,22,27)/t12-/m1/s1. The molecule has 0 unspecified atom stereocenters. The highest BCUT2D eigenvalue weighted by molar-refractivity contribution is 6.02. The minimum atomic E-state index is -0.848. The molecule has 9 heteroatoms. The summed E-state index contributed by atoms with van der Waals surface area (Å²) in [6.07, 6.45) is 4.93. The number of methoxy groups -OCH3 is 2. The smallest absolute Gasteiger partial charge is 0.313 e. The molecule has 0 bridgehead atoms. The summed E-state index contributed by atoms with van der Waals surface area (Å²) in [5.74, 6) is -0.476. The van der Waals surface area contributed by atoms with E-state index in [9.17, 15) is 9.59 Å². The molecule has 0 aliphatic carbocycles. The van der Waals surface area contributed by atoms with Crippen molar-refractivity contribution in [1.29, 1.82) is 0 Å². The number of carbonyl (C=O) groups excluding carboxylic acids is 2. The minimum Gasteiger partial charge on any atom is -0.481 e. The Morgan fingerprint density at radius 2 is 1.93 bits per heavy atom. The van der Waals surface area contributed by atoms with Crippen LogP contribution in [-0.4, -0.2) is 46.7 Å². The number of carbonyl (C=O) groups is 2. The lowest BCUT2D eigenvalue weighted by atomic mass is 9.85. The molecule has 9 nitrogen and oxygen atoms in total. The Hall–Kier alpha value is -3.62. The molecule has 30 heavy (non-hydrogen) atoms. The van der Waals surface area contributed by atoms with Gasteiger partial charge in [0, 0.05) is 35.6 Å². The van der Waals surface area contributed by atoms with Gasteiger partial charge in [-0.1, -0.05) is 0 Å². The third kappa shape index (κ3) is 3.78. The van der Waals surface area contributed by atoms with E-state index < -0.39 is 11.3 Å². The van der Waals surface area contributed by atoms with Gasteiger partial charge in [-0.3, -0.25) is 9.59 Å². The van der Waals surface area contributed by atoms with Crippen LogP contribution in [0.4, 0.5) is 5.69 Å². The number of fused-ring (bicyclic) bond motifs is 1. The lowest BCUT2D eigenvalue weighted by Crippen LogP contribution is -2.41. The second-order valence-electron chi connectivity index (χ2n) is 7.52. The summed E-state index contributed by atoms with van der Waals surface area (Å²) in [7, 11) is 2.90. The number of aromatic nitrogens is 3. The third-order valence-corrected chi connectivity index (χ3v) is 5.34. The lowest BCUT2D eigenvalue weighted by molar-refractivity contribution is -0.151. The van der Waals surface area contributed by atoms with Crippen LogP contribution in [0.1, 0.15) is 31.1 Å². The molecule has 3 N–H and O–H groups in total. The Morgan fingerprint density at radius 1 is 1.20 bits per heavy atom. The van der Waals surface area contributed by atoms with Crippen molar-refractivity contribution in [2.45, 2.75) is 26.8 Å². The van der Waals surface area contributed by atoms with E-state index in [1.807, 2.05) is 25.3 Å². The zero-order chi connectivity index (χ0) is 22.1. The molecule has 3 heterocycles. The van der Waals surface area contributed by atoms with E-state index in [0.717, 1.165) is 11.1 Å². The quantitative estimate of drug-likeness (QED) is 0.573. The lowest BCUT2D eigenvalue weighted by Gasteiger charge is -2.30. The Bertz CT molecular complexity index is 1090. The minimum absolute atomic E-state index is 0.229. The van der Waals surface area contributed by atoms with E-state index in [0.29, 0.717) is 17.1 Å². The number of pyridine rings is 1. The number of hydrogen-bond donors (Lipinski definition) is 2. The van der Waals surface area contributed by atoms with Crippen molar-refractivity contribution in [2.24, 2.45) is 11.1 Å². The Balaban J connectivity index is 2.08. The van der Waals surface area contributed by atoms with Crippen molar-refractivity contribution in [3.05, 3.63) is 42.4 Å². The van der Waals surface area contributed by atoms with Gasteiger partial charge in [0.25, 0.3) is 5.91 Å². The van der Waals surface area contributed by atoms with Gasteiger partial charge in [0.05, 0.1) is 42.6 Å². The zero-order valence-corrected chi connectivity index (χ0v) is 17.6. The van der Waals surface area contributed by atoms with Crippen LogP contribution < -0.4 is 15.8 Å². The molecular weight excluding hydrogens is 386 g/mol. The average molecular weight is 411 g/mol. The summed E-state index contributed by atoms with van der Waals surface area (Å²) < 4.78 is 11.7. The molecule has 1 atom stereocenters. The van der Waals surface area contributed by atoms with Crippen LogP contribution in [0, 0.1) is 5.41 Å². The molecule has 0 radical (unpaired) electrons. The maximum atomic E-state index is 12.2. The molecule has 0 saturated heterocycles. The van der Waals surface area contributed by atoms with Crippen LogP contribution in [0.2, 0.25) is 0 Å². The second-order valence-corrected chi connectivity index (χ2v) is 7.52. The number of anilines is 1. The summed E-state index contributed by atoms with van der Waals surface area (Å²) in [6, 6.07) is 5.16. The van der Waals surface area contributed by atoms with Gasteiger partial charge in [0.15, 0.2) is 0 Å². The van der Waals surface area contributed by atoms with E-state index in [4.69, 9.17) is 15.2 Å². The number of nitrogens with zero attached hydrogens (tertiary/aromatic N) is 3. The first-order valence-corrected chi connectivity index (χ1v) is 9.35. The predicted molar refractivity (Wildman–Crippen MR) is 112 cm³/mol. The van der Waals surface area contributed by atoms with E-state index in [2.05, 4.69) is 15.4 Å². The Kier molecular flexibility index (Phi) is 5.64. The highest BCUT2D eigenvalue weighted by atomic mass is 16.5. The number of nitrogens with one attached hydrogen (secondary N) is 1. The maximum absolute atomic E-state index is 12.2.